The second-order valence-electron chi connectivity index (χ2n) is 4.97. The number of benzene rings is 2. The number of aliphatic hydroxyl groups excluding tert-OH is 1. The van der Waals surface area contributed by atoms with Gasteiger partial charge in [0.05, 0.1) is 6.61 Å². The number of hydrogen-bond acceptors (Lipinski definition) is 2. The van der Waals surface area contributed by atoms with E-state index in [2.05, 4.69) is 42.5 Å². The van der Waals surface area contributed by atoms with Gasteiger partial charge < -0.3 is 10.8 Å². The largest absolute Gasteiger partial charge is 0.395 e. The van der Waals surface area contributed by atoms with Crippen LogP contribution < -0.4 is 5.73 Å². The molecule has 0 bridgehead atoms. The van der Waals surface area contributed by atoms with Crippen molar-refractivity contribution in [1.82, 2.24) is 0 Å². The molecule has 1 unspecified atom stereocenters. The highest BCUT2D eigenvalue weighted by atomic mass is 16.3. The summed E-state index contributed by atoms with van der Waals surface area (Å²) in [5.74, 6) is 0. The Hall–Kier alpha value is -1.64. The molecular formula is C16H17NO. The summed E-state index contributed by atoms with van der Waals surface area (Å²) in [5, 5.41) is 9.01. The van der Waals surface area contributed by atoms with Crippen LogP contribution in [0.15, 0.2) is 42.5 Å². The minimum atomic E-state index is -0.160. The van der Waals surface area contributed by atoms with Gasteiger partial charge in [-0.25, -0.2) is 0 Å². The highest BCUT2D eigenvalue weighted by Crippen LogP contribution is 2.36. The first kappa shape index (κ1) is 11.5. The van der Waals surface area contributed by atoms with E-state index in [9.17, 15) is 0 Å². The lowest BCUT2D eigenvalue weighted by Crippen LogP contribution is -2.26. The number of rotatable bonds is 3. The van der Waals surface area contributed by atoms with Gasteiger partial charge in [-0.05, 0) is 40.7 Å². The SMILES string of the molecule is NC(CO)Cc1ccc2c(c1)Cc1ccccc1-2. The van der Waals surface area contributed by atoms with E-state index in [1.54, 1.807) is 0 Å². The third-order valence-electron chi connectivity index (χ3n) is 3.59. The third-order valence-corrected chi connectivity index (χ3v) is 3.59. The summed E-state index contributed by atoms with van der Waals surface area (Å²) in [5.41, 5.74) is 12.5. The van der Waals surface area contributed by atoms with E-state index in [1.807, 2.05) is 0 Å². The number of hydrogen-bond donors (Lipinski definition) is 2. The first-order valence-corrected chi connectivity index (χ1v) is 6.34. The summed E-state index contributed by atoms with van der Waals surface area (Å²) in [6, 6.07) is 14.9. The van der Waals surface area contributed by atoms with E-state index in [4.69, 9.17) is 10.8 Å². The van der Waals surface area contributed by atoms with Gasteiger partial charge in [-0.2, -0.15) is 0 Å². The molecule has 1 aliphatic carbocycles. The van der Waals surface area contributed by atoms with Crippen LogP contribution in [0.2, 0.25) is 0 Å². The van der Waals surface area contributed by atoms with Gasteiger partial charge in [0, 0.05) is 6.04 Å². The second-order valence-corrected chi connectivity index (χ2v) is 4.97. The fourth-order valence-electron chi connectivity index (χ4n) is 2.69. The van der Waals surface area contributed by atoms with Crippen LogP contribution in [0.5, 0.6) is 0 Å². The molecule has 0 amide bonds. The molecule has 1 atom stereocenters. The Bertz CT molecular complexity index is 577. The standard InChI is InChI=1S/C16H17NO/c17-14(10-18)8-11-5-6-16-13(7-11)9-12-3-1-2-4-15(12)16/h1-7,14,18H,8-10,17H2. The van der Waals surface area contributed by atoms with Crippen LogP contribution in [0.4, 0.5) is 0 Å². The van der Waals surface area contributed by atoms with Gasteiger partial charge in [-0.1, -0.05) is 42.5 Å². The molecule has 0 spiro atoms. The zero-order valence-electron chi connectivity index (χ0n) is 10.3. The average Bonchev–Trinajstić information content (AvgIpc) is 2.76. The van der Waals surface area contributed by atoms with Crippen molar-refractivity contribution in [2.45, 2.75) is 18.9 Å². The van der Waals surface area contributed by atoms with Gasteiger partial charge in [0.15, 0.2) is 0 Å². The Morgan fingerprint density at radius 2 is 1.83 bits per heavy atom. The molecule has 0 heterocycles. The van der Waals surface area contributed by atoms with Crippen LogP contribution in [0.25, 0.3) is 11.1 Å². The summed E-state index contributed by atoms with van der Waals surface area (Å²) in [7, 11) is 0. The minimum Gasteiger partial charge on any atom is -0.395 e. The lowest BCUT2D eigenvalue weighted by atomic mass is 10.00. The molecule has 0 saturated carbocycles. The first-order chi connectivity index (χ1) is 8.78. The van der Waals surface area contributed by atoms with Crippen LogP contribution in [0.3, 0.4) is 0 Å². The Morgan fingerprint density at radius 3 is 2.67 bits per heavy atom. The van der Waals surface area contributed by atoms with Crippen molar-refractivity contribution in [3.05, 3.63) is 59.2 Å². The second kappa shape index (κ2) is 4.56. The van der Waals surface area contributed by atoms with E-state index >= 15 is 0 Å². The van der Waals surface area contributed by atoms with Gasteiger partial charge in [-0.3, -0.25) is 0 Å². The van der Waals surface area contributed by atoms with Crippen LogP contribution in [0, 0.1) is 0 Å². The summed E-state index contributed by atoms with van der Waals surface area (Å²) in [6.07, 6.45) is 1.74. The molecule has 2 aromatic carbocycles. The van der Waals surface area contributed by atoms with Crippen LogP contribution in [-0.4, -0.2) is 17.8 Å². The van der Waals surface area contributed by atoms with Crippen molar-refractivity contribution in [3.8, 4) is 11.1 Å². The summed E-state index contributed by atoms with van der Waals surface area (Å²) in [6.45, 7) is 0.0390. The molecule has 0 saturated heterocycles. The Kier molecular flexibility index (Phi) is 2.90. The van der Waals surface area contributed by atoms with Gasteiger partial charge in [-0.15, -0.1) is 0 Å². The summed E-state index contributed by atoms with van der Waals surface area (Å²) < 4.78 is 0. The van der Waals surface area contributed by atoms with Gasteiger partial charge in [0.2, 0.25) is 0 Å². The molecule has 3 rings (SSSR count). The predicted octanol–water partition coefficient (Wildman–Crippen LogP) is 2.12. The first-order valence-electron chi connectivity index (χ1n) is 6.34. The summed E-state index contributed by atoms with van der Waals surface area (Å²) in [4.78, 5) is 0. The summed E-state index contributed by atoms with van der Waals surface area (Å²) >= 11 is 0. The third kappa shape index (κ3) is 1.94. The van der Waals surface area contributed by atoms with E-state index in [0.717, 1.165) is 12.8 Å². The average molecular weight is 239 g/mol. The fraction of sp³-hybridized carbons (Fsp3) is 0.250. The lowest BCUT2D eigenvalue weighted by molar-refractivity contribution is 0.265. The van der Waals surface area contributed by atoms with E-state index in [1.165, 1.54) is 27.8 Å². The highest BCUT2D eigenvalue weighted by molar-refractivity contribution is 5.76. The molecule has 18 heavy (non-hydrogen) atoms. The molecule has 0 radical (unpaired) electrons. The topological polar surface area (TPSA) is 46.2 Å². The molecule has 3 N–H and O–H groups in total. The Balaban J connectivity index is 1.93. The maximum atomic E-state index is 9.01. The quantitative estimate of drug-likeness (QED) is 0.735. The zero-order valence-corrected chi connectivity index (χ0v) is 10.3. The Labute approximate surface area is 107 Å². The van der Waals surface area contributed by atoms with E-state index in [0.29, 0.717) is 0 Å². The van der Waals surface area contributed by atoms with Crippen LogP contribution >= 0.6 is 0 Å². The molecule has 0 fully saturated rings. The smallest absolute Gasteiger partial charge is 0.0585 e. The van der Waals surface area contributed by atoms with Crippen molar-refractivity contribution in [2.24, 2.45) is 5.73 Å². The Morgan fingerprint density at radius 1 is 1.06 bits per heavy atom. The van der Waals surface area contributed by atoms with Crippen molar-refractivity contribution < 1.29 is 5.11 Å². The molecule has 2 heteroatoms. The maximum absolute atomic E-state index is 9.01. The zero-order chi connectivity index (χ0) is 12.5. The van der Waals surface area contributed by atoms with Gasteiger partial charge >= 0.3 is 0 Å². The molecule has 0 aromatic heterocycles. The number of fused-ring (bicyclic) bond motifs is 3. The molecule has 1 aliphatic rings. The van der Waals surface area contributed by atoms with Gasteiger partial charge in [0.1, 0.15) is 0 Å². The van der Waals surface area contributed by atoms with Crippen LogP contribution in [0.1, 0.15) is 16.7 Å². The van der Waals surface area contributed by atoms with E-state index < -0.39 is 0 Å². The van der Waals surface area contributed by atoms with Crippen molar-refractivity contribution in [1.29, 1.82) is 0 Å². The predicted molar refractivity (Wildman–Crippen MR) is 73.4 cm³/mol. The van der Waals surface area contributed by atoms with E-state index in [-0.39, 0.29) is 12.6 Å². The van der Waals surface area contributed by atoms with Gasteiger partial charge in [0.25, 0.3) is 0 Å². The monoisotopic (exact) mass is 239 g/mol. The number of nitrogens with two attached hydrogens (primary N) is 1. The van der Waals surface area contributed by atoms with Crippen molar-refractivity contribution >= 4 is 0 Å². The fourth-order valence-corrected chi connectivity index (χ4v) is 2.69. The number of aliphatic hydroxyl groups is 1. The molecule has 0 aliphatic heterocycles. The maximum Gasteiger partial charge on any atom is 0.0585 e. The molecule has 92 valence electrons. The van der Waals surface area contributed by atoms with Crippen molar-refractivity contribution in [2.75, 3.05) is 6.61 Å². The lowest BCUT2D eigenvalue weighted by Gasteiger charge is -2.09. The normalized spacial score (nSPS) is 14.1. The highest BCUT2D eigenvalue weighted by Gasteiger charge is 2.17. The van der Waals surface area contributed by atoms with Crippen molar-refractivity contribution in [3.63, 3.8) is 0 Å². The molecule has 2 nitrogen and oxygen atoms in total. The molecule has 2 aromatic rings. The molecular weight excluding hydrogens is 222 g/mol. The minimum absolute atomic E-state index is 0.0390. The van der Waals surface area contributed by atoms with Crippen LogP contribution in [-0.2, 0) is 12.8 Å².